The number of carbonyl (C=O) groups is 1. The quantitative estimate of drug-likeness (QED) is 0.573. The van der Waals surface area contributed by atoms with Gasteiger partial charge in [-0.3, -0.25) is 9.69 Å². The maximum atomic E-state index is 14.1. The van der Waals surface area contributed by atoms with Crippen LogP contribution in [0, 0.1) is 17.7 Å². The molecule has 1 amide bonds. The van der Waals surface area contributed by atoms with Crippen LogP contribution < -0.4 is 10.1 Å². The molecule has 168 valence electrons. The average molecular weight is 447 g/mol. The van der Waals surface area contributed by atoms with Gasteiger partial charge in [0, 0.05) is 23.0 Å². The van der Waals surface area contributed by atoms with Crippen molar-refractivity contribution in [2.45, 2.75) is 45.7 Å². The Hall–Kier alpha value is -2.11. The van der Waals surface area contributed by atoms with Crippen molar-refractivity contribution in [1.29, 1.82) is 0 Å². The summed E-state index contributed by atoms with van der Waals surface area (Å²) in [5.74, 6) is 1.06. The highest BCUT2D eigenvalue weighted by atomic mass is 35.5. The molecule has 1 unspecified atom stereocenters. The molecule has 31 heavy (non-hydrogen) atoms. The zero-order valence-electron chi connectivity index (χ0n) is 18.5. The van der Waals surface area contributed by atoms with Crippen molar-refractivity contribution in [3.05, 3.63) is 64.4 Å². The van der Waals surface area contributed by atoms with Crippen LogP contribution in [0.4, 0.5) is 4.39 Å². The normalized spacial score (nSPS) is 16.3. The van der Waals surface area contributed by atoms with Crippen LogP contribution in [-0.2, 0) is 11.3 Å². The second kappa shape index (κ2) is 11.0. The SMILES string of the molecule is COc1ccc(C(CC(C)C)NC(=O)C2CCN(Cc3c(F)cccc3Cl)CC2)cc1. The van der Waals surface area contributed by atoms with E-state index >= 15 is 0 Å². The van der Waals surface area contributed by atoms with E-state index in [0.717, 1.165) is 43.7 Å². The molecule has 1 heterocycles. The van der Waals surface area contributed by atoms with Crippen molar-refractivity contribution < 1.29 is 13.9 Å². The van der Waals surface area contributed by atoms with Gasteiger partial charge in [-0.05, 0) is 68.1 Å². The maximum Gasteiger partial charge on any atom is 0.223 e. The topological polar surface area (TPSA) is 41.6 Å². The molecule has 4 nitrogen and oxygen atoms in total. The molecule has 0 spiro atoms. The number of amides is 1. The second-order valence-corrected chi connectivity index (χ2v) is 9.12. The Labute approximate surface area is 189 Å². The van der Waals surface area contributed by atoms with E-state index in [0.29, 0.717) is 23.0 Å². The summed E-state index contributed by atoms with van der Waals surface area (Å²) in [5.41, 5.74) is 1.62. The standard InChI is InChI=1S/C25H32ClFN2O2/c1-17(2)15-24(18-7-9-20(31-3)10-8-18)28-25(30)19-11-13-29(14-12-19)16-21-22(26)5-4-6-23(21)27/h4-10,17,19,24H,11-16H2,1-3H3,(H,28,30). The minimum Gasteiger partial charge on any atom is -0.497 e. The van der Waals surface area contributed by atoms with E-state index in [9.17, 15) is 9.18 Å². The van der Waals surface area contributed by atoms with Gasteiger partial charge in [0.15, 0.2) is 0 Å². The van der Waals surface area contributed by atoms with Crippen molar-refractivity contribution >= 4 is 17.5 Å². The van der Waals surface area contributed by atoms with Gasteiger partial charge < -0.3 is 10.1 Å². The lowest BCUT2D eigenvalue weighted by Gasteiger charge is -2.32. The molecule has 1 saturated heterocycles. The molecular formula is C25H32ClFN2O2. The van der Waals surface area contributed by atoms with Crippen LogP contribution in [-0.4, -0.2) is 31.0 Å². The number of hydrogen-bond acceptors (Lipinski definition) is 3. The number of hydrogen-bond donors (Lipinski definition) is 1. The van der Waals surface area contributed by atoms with Crippen LogP contribution in [0.2, 0.25) is 5.02 Å². The Morgan fingerprint density at radius 2 is 1.87 bits per heavy atom. The highest BCUT2D eigenvalue weighted by molar-refractivity contribution is 6.31. The van der Waals surface area contributed by atoms with E-state index in [1.165, 1.54) is 6.07 Å². The van der Waals surface area contributed by atoms with Crippen LogP contribution >= 0.6 is 11.6 Å². The van der Waals surface area contributed by atoms with Gasteiger partial charge >= 0.3 is 0 Å². The summed E-state index contributed by atoms with van der Waals surface area (Å²) in [6.45, 7) is 6.30. The largest absolute Gasteiger partial charge is 0.497 e. The first-order chi connectivity index (χ1) is 14.9. The van der Waals surface area contributed by atoms with Crippen LogP contribution in [0.3, 0.4) is 0 Å². The van der Waals surface area contributed by atoms with Gasteiger partial charge in [-0.2, -0.15) is 0 Å². The van der Waals surface area contributed by atoms with E-state index in [1.54, 1.807) is 19.2 Å². The van der Waals surface area contributed by atoms with Crippen molar-refractivity contribution in [2.75, 3.05) is 20.2 Å². The van der Waals surface area contributed by atoms with Crippen LogP contribution in [0.25, 0.3) is 0 Å². The number of halogens is 2. The van der Waals surface area contributed by atoms with Gasteiger partial charge in [0.2, 0.25) is 5.91 Å². The summed E-state index contributed by atoms with van der Waals surface area (Å²) < 4.78 is 19.3. The molecule has 3 rings (SSSR count). The molecule has 0 bridgehead atoms. The third-order valence-electron chi connectivity index (χ3n) is 5.94. The fourth-order valence-electron chi connectivity index (χ4n) is 4.14. The van der Waals surface area contributed by atoms with Gasteiger partial charge in [0.25, 0.3) is 0 Å². The summed E-state index contributed by atoms with van der Waals surface area (Å²) in [4.78, 5) is 15.2. The summed E-state index contributed by atoms with van der Waals surface area (Å²) >= 11 is 6.17. The number of carbonyl (C=O) groups excluding carboxylic acids is 1. The molecule has 6 heteroatoms. The molecule has 1 aliphatic heterocycles. The third-order valence-corrected chi connectivity index (χ3v) is 6.30. The Morgan fingerprint density at radius 1 is 1.19 bits per heavy atom. The van der Waals surface area contributed by atoms with E-state index in [-0.39, 0.29) is 23.7 Å². The summed E-state index contributed by atoms with van der Waals surface area (Å²) in [6, 6.07) is 12.7. The minimum atomic E-state index is -0.275. The smallest absolute Gasteiger partial charge is 0.223 e. The highest BCUT2D eigenvalue weighted by Gasteiger charge is 2.28. The van der Waals surface area contributed by atoms with E-state index in [2.05, 4.69) is 24.1 Å². The Morgan fingerprint density at radius 3 is 2.45 bits per heavy atom. The van der Waals surface area contributed by atoms with Crippen molar-refractivity contribution in [2.24, 2.45) is 11.8 Å². The van der Waals surface area contributed by atoms with Crippen LogP contribution in [0.15, 0.2) is 42.5 Å². The lowest BCUT2D eigenvalue weighted by Crippen LogP contribution is -2.41. The highest BCUT2D eigenvalue weighted by Crippen LogP contribution is 2.27. The van der Waals surface area contributed by atoms with Gasteiger partial charge in [-0.1, -0.05) is 43.6 Å². The van der Waals surface area contributed by atoms with E-state index < -0.39 is 0 Å². The number of methoxy groups -OCH3 is 1. The zero-order chi connectivity index (χ0) is 22.4. The molecule has 1 N–H and O–H groups in total. The Bertz CT molecular complexity index is 844. The number of rotatable bonds is 8. The molecule has 1 atom stereocenters. The predicted molar refractivity (Wildman–Crippen MR) is 123 cm³/mol. The molecule has 0 aliphatic carbocycles. The average Bonchev–Trinajstić information content (AvgIpc) is 2.76. The molecule has 0 saturated carbocycles. The fourth-order valence-corrected chi connectivity index (χ4v) is 4.36. The second-order valence-electron chi connectivity index (χ2n) is 8.71. The van der Waals surface area contributed by atoms with E-state index in [4.69, 9.17) is 16.3 Å². The molecule has 1 aliphatic rings. The first-order valence-corrected chi connectivity index (χ1v) is 11.3. The summed E-state index contributed by atoms with van der Waals surface area (Å²) in [5, 5.41) is 3.73. The number of likely N-dealkylation sites (tertiary alicyclic amines) is 1. The van der Waals surface area contributed by atoms with Gasteiger partial charge in [-0.15, -0.1) is 0 Å². The van der Waals surface area contributed by atoms with Crippen molar-refractivity contribution in [3.8, 4) is 5.75 Å². The molecule has 1 fully saturated rings. The number of piperidine rings is 1. The first-order valence-electron chi connectivity index (χ1n) is 11.0. The first kappa shape index (κ1) is 23.6. The van der Waals surface area contributed by atoms with Crippen LogP contribution in [0.1, 0.15) is 50.3 Å². The molecule has 0 radical (unpaired) electrons. The lowest BCUT2D eigenvalue weighted by molar-refractivity contribution is -0.127. The minimum absolute atomic E-state index is 0.0198. The van der Waals surface area contributed by atoms with Crippen molar-refractivity contribution in [3.63, 3.8) is 0 Å². The van der Waals surface area contributed by atoms with Crippen LogP contribution in [0.5, 0.6) is 5.75 Å². The number of ether oxygens (including phenoxy) is 1. The third kappa shape index (κ3) is 6.44. The Balaban J connectivity index is 1.58. The van der Waals surface area contributed by atoms with Gasteiger partial charge in [0.05, 0.1) is 13.2 Å². The fraction of sp³-hybridized carbons (Fsp3) is 0.480. The summed E-state index contributed by atoms with van der Waals surface area (Å²) in [6.07, 6.45) is 2.40. The number of benzene rings is 2. The molecule has 2 aromatic rings. The van der Waals surface area contributed by atoms with E-state index in [1.807, 2.05) is 24.3 Å². The number of nitrogens with one attached hydrogen (secondary N) is 1. The lowest BCUT2D eigenvalue weighted by atomic mass is 9.92. The monoisotopic (exact) mass is 446 g/mol. The zero-order valence-corrected chi connectivity index (χ0v) is 19.3. The van der Waals surface area contributed by atoms with Gasteiger partial charge in [0.1, 0.15) is 11.6 Å². The molecule has 0 aromatic heterocycles. The molecular weight excluding hydrogens is 415 g/mol. The Kier molecular flexibility index (Phi) is 8.33. The maximum absolute atomic E-state index is 14.1. The molecule has 2 aromatic carbocycles. The van der Waals surface area contributed by atoms with Gasteiger partial charge in [-0.25, -0.2) is 4.39 Å². The van der Waals surface area contributed by atoms with Crippen molar-refractivity contribution in [1.82, 2.24) is 10.2 Å². The summed E-state index contributed by atoms with van der Waals surface area (Å²) in [7, 11) is 1.65. The number of nitrogens with zero attached hydrogens (tertiary/aromatic N) is 1. The predicted octanol–water partition coefficient (Wildman–Crippen LogP) is 5.60.